The number of carboxylic acids is 1. The van der Waals surface area contributed by atoms with Crippen LogP contribution in [0.15, 0.2) is 23.3 Å². The van der Waals surface area contributed by atoms with Crippen molar-refractivity contribution < 1.29 is 9.90 Å². The zero-order chi connectivity index (χ0) is 9.15. The van der Waals surface area contributed by atoms with Gasteiger partial charge in [-0.05, 0) is 11.6 Å². The molecule has 0 saturated carbocycles. The zero-order valence-corrected chi connectivity index (χ0v) is 7.51. The Morgan fingerprint density at radius 3 is 2.17 bits per heavy atom. The fourth-order valence-corrected chi connectivity index (χ4v) is 2.12. The molecule has 0 aromatic rings. The average molecular weight is 164 g/mol. The van der Waals surface area contributed by atoms with E-state index in [4.69, 9.17) is 5.11 Å². The number of allylic oxidation sites excluding steroid dienone is 3. The summed E-state index contributed by atoms with van der Waals surface area (Å²) in [6.07, 6.45) is 3.86. The van der Waals surface area contributed by atoms with Crippen molar-refractivity contribution >= 4 is 5.97 Å². The highest BCUT2D eigenvalue weighted by Crippen LogP contribution is 2.64. The fraction of sp³-hybridized carbons (Fsp3) is 0.500. The first-order chi connectivity index (χ1) is 5.39. The quantitative estimate of drug-likeness (QED) is 0.643. The first-order valence-electron chi connectivity index (χ1n) is 4.08. The molecule has 0 spiro atoms. The van der Waals surface area contributed by atoms with Crippen molar-refractivity contribution in [2.45, 2.75) is 20.8 Å². The van der Waals surface area contributed by atoms with Gasteiger partial charge in [-0.25, -0.2) is 4.79 Å². The molecule has 0 amide bonds. The van der Waals surface area contributed by atoms with Gasteiger partial charge in [0.05, 0.1) is 0 Å². The van der Waals surface area contributed by atoms with Crippen molar-refractivity contribution in [1.29, 1.82) is 0 Å². The van der Waals surface area contributed by atoms with Crippen molar-refractivity contribution in [3.8, 4) is 0 Å². The highest BCUT2D eigenvalue weighted by molar-refractivity contribution is 5.93. The molecule has 0 aromatic carbocycles. The molecule has 3 rings (SSSR count). The summed E-state index contributed by atoms with van der Waals surface area (Å²) in [6.45, 7) is 6.17. The third kappa shape index (κ3) is 0.521. The molecule has 1 atom stereocenters. The summed E-state index contributed by atoms with van der Waals surface area (Å²) >= 11 is 0. The largest absolute Gasteiger partial charge is 0.478 e. The van der Waals surface area contributed by atoms with Crippen LogP contribution in [0.25, 0.3) is 0 Å². The van der Waals surface area contributed by atoms with Crippen LogP contribution in [0.5, 0.6) is 0 Å². The standard InChI is InChI=1S/C10H12O2/c1-9(2)6-4-7(8(11)12)10(9,3)5-6/h4-5H,1-3H3,(H,11,12). The van der Waals surface area contributed by atoms with Crippen LogP contribution < -0.4 is 0 Å². The van der Waals surface area contributed by atoms with Gasteiger partial charge in [0.1, 0.15) is 0 Å². The lowest BCUT2D eigenvalue weighted by atomic mass is 9.56. The van der Waals surface area contributed by atoms with Gasteiger partial charge < -0.3 is 5.11 Å². The minimum Gasteiger partial charge on any atom is -0.478 e. The molecule has 0 aromatic heterocycles. The number of rotatable bonds is 1. The maximum Gasteiger partial charge on any atom is 0.332 e. The normalized spacial score (nSPS) is 35.2. The molecule has 1 N–H and O–H groups in total. The number of carbonyl (C=O) groups is 1. The second-order valence-electron chi connectivity index (χ2n) is 4.29. The van der Waals surface area contributed by atoms with Gasteiger partial charge in [-0.15, -0.1) is 0 Å². The minimum absolute atomic E-state index is 0.0285. The number of carboxylic acid groups (broad SMARTS) is 1. The maximum absolute atomic E-state index is 10.8. The van der Waals surface area contributed by atoms with Crippen molar-refractivity contribution in [2.24, 2.45) is 10.8 Å². The monoisotopic (exact) mass is 164 g/mol. The molecular weight excluding hydrogens is 152 g/mol. The third-order valence-electron chi connectivity index (χ3n) is 3.55. The average Bonchev–Trinajstić information content (AvgIpc) is 2.38. The Morgan fingerprint density at radius 1 is 1.42 bits per heavy atom. The smallest absolute Gasteiger partial charge is 0.332 e. The lowest BCUT2D eigenvalue weighted by molar-refractivity contribution is -0.134. The molecule has 2 bridgehead atoms. The first-order valence-corrected chi connectivity index (χ1v) is 4.08. The van der Waals surface area contributed by atoms with E-state index in [2.05, 4.69) is 19.9 Å². The Hall–Kier alpha value is -1.05. The minimum atomic E-state index is -0.783. The number of hydrogen-bond acceptors (Lipinski definition) is 1. The molecule has 0 fully saturated rings. The van der Waals surface area contributed by atoms with Gasteiger partial charge in [0.25, 0.3) is 0 Å². The van der Waals surface area contributed by atoms with Gasteiger partial charge in [0, 0.05) is 16.4 Å². The summed E-state index contributed by atoms with van der Waals surface area (Å²) in [4.78, 5) is 10.8. The highest BCUT2D eigenvalue weighted by Gasteiger charge is 2.58. The molecule has 0 heterocycles. The summed E-state index contributed by atoms with van der Waals surface area (Å²) in [5.41, 5.74) is 1.51. The summed E-state index contributed by atoms with van der Waals surface area (Å²) in [5, 5.41) is 8.91. The first kappa shape index (κ1) is 7.59. The maximum atomic E-state index is 10.8. The molecule has 1 unspecified atom stereocenters. The van der Waals surface area contributed by atoms with Crippen LogP contribution in [0.1, 0.15) is 20.8 Å². The van der Waals surface area contributed by atoms with E-state index in [1.807, 2.05) is 13.0 Å². The van der Waals surface area contributed by atoms with E-state index in [9.17, 15) is 4.79 Å². The van der Waals surface area contributed by atoms with Crippen LogP contribution in [0.2, 0.25) is 0 Å². The Balaban J connectivity index is 2.47. The predicted octanol–water partition coefficient (Wildman–Crippen LogP) is 1.98. The topological polar surface area (TPSA) is 37.3 Å². The van der Waals surface area contributed by atoms with E-state index >= 15 is 0 Å². The zero-order valence-electron chi connectivity index (χ0n) is 7.51. The molecule has 2 heteroatoms. The lowest BCUT2D eigenvalue weighted by Gasteiger charge is -2.46. The summed E-state index contributed by atoms with van der Waals surface area (Å²) in [5.74, 6) is -0.783. The Morgan fingerprint density at radius 2 is 2.00 bits per heavy atom. The van der Waals surface area contributed by atoms with Crippen molar-refractivity contribution in [1.82, 2.24) is 0 Å². The second kappa shape index (κ2) is 1.65. The predicted molar refractivity (Wildman–Crippen MR) is 45.7 cm³/mol. The molecule has 2 nitrogen and oxygen atoms in total. The van der Waals surface area contributed by atoms with Gasteiger partial charge in [0.15, 0.2) is 0 Å². The molecule has 3 aliphatic rings. The van der Waals surface area contributed by atoms with E-state index < -0.39 is 5.97 Å². The molecule has 12 heavy (non-hydrogen) atoms. The van der Waals surface area contributed by atoms with Crippen LogP contribution in [0.3, 0.4) is 0 Å². The van der Waals surface area contributed by atoms with Gasteiger partial charge >= 0.3 is 5.97 Å². The Kier molecular flexibility index (Phi) is 1.05. The van der Waals surface area contributed by atoms with Gasteiger partial charge in [-0.3, -0.25) is 0 Å². The molecule has 64 valence electrons. The fourth-order valence-electron chi connectivity index (χ4n) is 2.12. The third-order valence-corrected chi connectivity index (χ3v) is 3.55. The summed E-state index contributed by atoms with van der Waals surface area (Å²) in [7, 11) is 0. The van der Waals surface area contributed by atoms with Crippen LogP contribution in [0.4, 0.5) is 0 Å². The Labute approximate surface area is 71.6 Å². The molecular formula is C10H12O2. The molecule has 0 saturated heterocycles. The van der Waals surface area contributed by atoms with Gasteiger partial charge in [-0.2, -0.15) is 0 Å². The van der Waals surface area contributed by atoms with Crippen LogP contribution in [-0.2, 0) is 4.79 Å². The molecule has 0 aliphatic heterocycles. The summed E-state index contributed by atoms with van der Waals surface area (Å²) in [6, 6.07) is 0. The van der Waals surface area contributed by atoms with E-state index in [0.717, 1.165) is 0 Å². The Bertz CT molecular complexity index is 334. The molecule has 3 aliphatic carbocycles. The van der Waals surface area contributed by atoms with E-state index in [1.54, 1.807) is 0 Å². The van der Waals surface area contributed by atoms with Crippen molar-refractivity contribution in [2.75, 3.05) is 0 Å². The van der Waals surface area contributed by atoms with E-state index in [1.165, 1.54) is 5.57 Å². The van der Waals surface area contributed by atoms with E-state index in [0.29, 0.717) is 5.57 Å². The van der Waals surface area contributed by atoms with Crippen LogP contribution in [-0.4, -0.2) is 11.1 Å². The second-order valence-corrected chi connectivity index (χ2v) is 4.29. The van der Waals surface area contributed by atoms with Crippen LogP contribution in [0, 0.1) is 10.8 Å². The lowest BCUT2D eigenvalue weighted by Crippen LogP contribution is -2.40. The molecule has 0 radical (unpaired) electrons. The number of aliphatic carboxylic acids is 1. The van der Waals surface area contributed by atoms with E-state index in [-0.39, 0.29) is 10.8 Å². The van der Waals surface area contributed by atoms with Crippen LogP contribution >= 0.6 is 0 Å². The highest BCUT2D eigenvalue weighted by atomic mass is 16.4. The number of hydrogen-bond donors (Lipinski definition) is 1. The SMILES string of the molecule is CC1(C)C2=CC1(C)C(C(=O)O)=C2. The van der Waals surface area contributed by atoms with Crippen molar-refractivity contribution in [3.63, 3.8) is 0 Å². The van der Waals surface area contributed by atoms with Crippen molar-refractivity contribution in [3.05, 3.63) is 23.3 Å². The summed E-state index contributed by atoms with van der Waals surface area (Å²) < 4.78 is 0. The van der Waals surface area contributed by atoms with Gasteiger partial charge in [0.2, 0.25) is 0 Å². The van der Waals surface area contributed by atoms with Gasteiger partial charge in [-0.1, -0.05) is 26.8 Å².